The van der Waals surface area contributed by atoms with Gasteiger partial charge in [0.25, 0.3) is 0 Å². The summed E-state index contributed by atoms with van der Waals surface area (Å²) in [6, 6.07) is 11.3. The highest BCUT2D eigenvalue weighted by atomic mass is 79.9. The van der Waals surface area contributed by atoms with Crippen molar-refractivity contribution in [1.29, 1.82) is 0 Å². The van der Waals surface area contributed by atoms with Crippen LogP contribution >= 0.6 is 27.5 Å². The second-order valence-electron chi connectivity index (χ2n) is 5.02. The number of halogens is 2. The molecule has 2 N–H and O–H groups in total. The molecule has 3 rings (SSSR count). The Kier molecular flexibility index (Phi) is 4.11. The lowest BCUT2D eigenvalue weighted by Crippen LogP contribution is -2.24. The Morgan fingerprint density at radius 1 is 1.24 bits per heavy atom. The summed E-state index contributed by atoms with van der Waals surface area (Å²) in [6.45, 7) is 0. The van der Waals surface area contributed by atoms with E-state index in [0.29, 0.717) is 11.4 Å². The molecule has 2 atom stereocenters. The first-order valence-corrected chi connectivity index (χ1v) is 7.80. The molecule has 0 spiro atoms. The van der Waals surface area contributed by atoms with Gasteiger partial charge in [0.05, 0.1) is 7.11 Å². The quantitative estimate of drug-likeness (QED) is 0.840. The zero-order valence-electron chi connectivity index (χ0n) is 11.5. The van der Waals surface area contributed by atoms with E-state index in [0.717, 1.165) is 27.1 Å². The summed E-state index contributed by atoms with van der Waals surface area (Å²) in [5, 5.41) is 0.691. The molecule has 0 bridgehead atoms. The predicted octanol–water partition coefficient (Wildman–Crippen LogP) is 4.63. The summed E-state index contributed by atoms with van der Waals surface area (Å²) >= 11 is 9.53. The molecular weight excluding hydrogens is 354 g/mol. The van der Waals surface area contributed by atoms with Crippen LogP contribution in [0.5, 0.6) is 11.5 Å². The van der Waals surface area contributed by atoms with E-state index >= 15 is 0 Å². The van der Waals surface area contributed by atoms with Crippen molar-refractivity contribution in [2.24, 2.45) is 5.73 Å². The van der Waals surface area contributed by atoms with Crippen molar-refractivity contribution in [2.45, 2.75) is 18.6 Å². The Morgan fingerprint density at radius 3 is 2.76 bits per heavy atom. The molecule has 2 aromatic rings. The Hall–Kier alpha value is -1.23. The molecule has 1 aliphatic rings. The van der Waals surface area contributed by atoms with Gasteiger partial charge < -0.3 is 15.2 Å². The zero-order chi connectivity index (χ0) is 15.0. The van der Waals surface area contributed by atoms with Crippen molar-refractivity contribution in [2.75, 3.05) is 7.11 Å². The lowest BCUT2D eigenvalue weighted by atomic mass is 9.93. The van der Waals surface area contributed by atoms with Crippen LogP contribution in [0.3, 0.4) is 0 Å². The second kappa shape index (κ2) is 5.87. The second-order valence-corrected chi connectivity index (χ2v) is 6.31. The van der Waals surface area contributed by atoms with Gasteiger partial charge in [-0.25, -0.2) is 0 Å². The first-order chi connectivity index (χ1) is 10.1. The minimum atomic E-state index is -0.0902. The van der Waals surface area contributed by atoms with E-state index in [-0.39, 0.29) is 12.1 Å². The van der Waals surface area contributed by atoms with Crippen LogP contribution in [-0.2, 0) is 0 Å². The van der Waals surface area contributed by atoms with E-state index in [2.05, 4.69) is 15.9 Å². The van der Waals surface area contributed by atoms with Crippen LogP contribution in [0.1, 0.15) is 29.7 Å². The molecule has 21 heavy (non-hydrogen) atoms. The summed E-state index contributed by atoms with van der Waals surface area (Å²) < 4.78 is 12.3. The highest BCUT2D eigenvalue weighted by Gasteiger charge is 2.28. The van der Waals surface area contributed by atoms with Crippen LogP contribution < -0.4 is 15.2 Å². The number of rotatable bonds is 2. The number of ether oxygens (including phenoxy) is 2. The third-order valence-corrected chi connectivity index (χ3v) is 4.58. The van der Waals surface area contributed by atoms with E-state index in [1.807, 2.05) is 36.4 Å². The van der Waals surface area contributed by atoms with E-state index in [1.54, 1.807) is 7.11 Å². The molecule has 2 aromatic carbocycles. The van der Waals surface area contributed by atoms with Crippen LogP contribution in [-0.4, -0.2) is 7.11 Å². The standard InChI is InChI=1S/C16H15BrClNO2/c1-20-10-3-5-15-12(7-10)14(19)8-16(21-15)11-4-2-9(18)6-13(11)17/h2-7,14,16H,8,19H2,1H3/t14-,16?/m0/s1. The molecule has 0 saturated heterocycles. The molecule has 1 heterocycles. The maximum atomic E-state index is 6.30. The maximum Gasteiger partial charge on any atom is 0.127 e. The van der Waals surface area contributed by atoms with E-state index in [1.165, 1.54) is 0 Å². The van der Waals surface area contributed by atoms with Crippen LogP contribution in [0.4, 0.5) is 0 Å². The van der Waals surface area contributed by atoms with Crippen molar-refractivity contribution < 1.29 is 9.47 Å². The van der Waals surface area contributed by atoms with Crippen LogP contribution in [0, 0.1) is 0 Å². The summed E-state index contributed by atoms with van der Waals surface area (Å²) in [5.74, 6) is 1.60. The fourth-order valence-electron chi connectivity index (χ4n) is 2.56. The van der Waals surface area contributed by atoms with Crippen molar-refractivity contribution in [3.05, 3.63) is 57.0 Å². The Balaban J connectivity index is 1.94. The van der Waals surface area contributed by atoms with Crippen LogP contribution in [0.15, 0.2) is 40.9 Å². The Labute approximate surface area is 137 Å². The van der Waals surface area contributed by atoms with Gasteiger partial charge in [0, 0.05) is 33.1 Å². The van der Waals surface area contributed by atoms with Crippen molar-refractivity contribution in [3.63, 3.8) is 0 Å². The number of hydrogen-bond donors (Lipinski definition) is 1. The van der Waals surface area contributed by atoms with Gasteiger partial charge >= 0.3 is 0 Å². The summed E-state index contributed by atoms with van der Waals surface area (Å²) in [5.41, 5.74) is 8.33. The number of fused-ring (bicyclic) bond motifs is 1. The van der Waals surface area contributed by atoms with Crippen molar-refractivity contribution in [3.8, 4) is 11.5 Å². The molecule has 0 saturated carbocycles. The number of methoxy groups -OCH3 is 1. The number of nitrogens with two attached hydrogens (primary N) is 1. The molecule has 1 unspecified atom stereocenters. The highest BCUT2D eigenvalue weighted by molar-refractivity contribution is 9.10. The van der Waals surface area contributed by atoms with Gasteiger partial charge in [0.15, 0.2) is 0 Å². The van der Waals surface area contributed by atoms with Crippen molar-refractivity contribution in [1.82, 2.24) is 0 Å². The Morgan fingerprint density at radius 2 is 2.05 bits per heavy atom. The fraction of sp³-hybridized carbons (Fsp3) is 0.250. The smallest absolute Gasteiger partial charge is 0.127 e. The predicted molar refractivity (Wildman–Crippen MR) is 87.1 cm³/mol. The van der Waals surface area contributed by atoms with Crippen molar-refractivity contribution >= 4 is 27.5 Å². The molecule has 5 heteroatoms. The molecular formula is C16H15BrClNO2. The van der Waals surface area contributed by atoms with Crippen LogP contribution in [0.25, 0.3) is 0 Å². The first-order valence-electron chi connectivity index (χ1n) is 6.63. The summed E-state index contributed by atoms with van der Waals surface area (Å²) in [4.78, 5) is 0. The van der Waals surface area contributed by atoms with Gasteiger partial charge in [0.2, 0.25) is 0 Å². The SMILES string of the molecule is COc1ccc2c(c1)[C@@H](N)CC(c1ccc(Cl)cc1Br)O2. The molecule has 0 aromatic heterocycles. The largest absolute Gasteiger partial charge is 0.497 e. The molecule has 3 nitrogen and oxygen atoms in total. The maximum absolute atomic E-state index is 6.30. The van der Waals surface area contributed by atoms with Gasteiger partial charge in [-0.2, -0.15) is 0 Å². The van der Waals surface area contributed by atoms with Gasteiger partial charge in [-0.3, -0.25) is 0 Å². The van der Waals surface area contributed by atoms with Gasteiger partial charge in [0.1, 0.15) is 17.6 Å². The minimum Gasteiger partial charge on any atom is -0.497 e. The Bertz CT molecular complexity index is 677. The third kappa shape index (κ3) is 2.89. The average Bonchev–Trinajstić information content (AvgIpc) is 2.47. The topological polar surface area (TPSA) is 44.5 Å². The molecule has 110 valence electrons. The fourth-order valence-corrected chi connectivity index (χ4v) is 3.50. The molecule has 0 fully saturated rings. The molecule has 0 aliphatic carbocycles. The normalized spacial score (nSPS) is 20.6. The molecule has 0 radical (unpaired) electrons. The third-order valence-electron chi connectivity index (χ3n) is 3.66. The summed E-state index contributed by atoms with van der Waals surface area (Å²) in [6.07, 6.45) is 0.618. The average molecular weight is 369 g/mol. The number of hydrogen-bond acceptors (Lipinski definition) is 3. The van der Waals surface area contributed by atoms with Gasteiger partial charge in [-0.15, -0.1) is 0 Å². The zero-order valence-corrected chi connectivity index (χ0v) is 13.8. The van der Waals surface area contributed by atoms with Gasteiger partial charge in [-0.1, -0.05) is 33.6 Å². The van der Waals surface area contributed by atoms with Crippen LogP contribution in [0.2, 0.25) is 5.02 Å². The van der Waals surface area contributed by atoms with E-state index in [9.17, 15) is 0 Å². The van der Waals surface area contributed by atoms with E-state index in [4.69, 9.17) is 26.8 Å². The van der Waals surface area contributed by atoms with E-state index < -0.39 is 0 Å². The lowest BCUT2D eigenvalue weighted by Gasteiger charge is -2.31. The highest BCUT2D eigenvalue weighted by Crippen LogP contribution is 2.43. The minimum absolute atomic E-state index is 0.0866. The number of benzene rings is 2. The molecule has 1 aliphatic heterocycles. The monoisotopic (exact) mass is 367 g/mol. The molecule has 0 amide bonds. The lowest BCUT2D eigenvalue weighted by molar-refractivity contribution is 0.160. The summed E-state index contributed by atoms with van der Waals surface area (Å²) in [7, 11) is 1.64. The van der Waals surface area contributed by atoms with Gasteiger partial charge in [-0.05, 0) is 30.3 Å². The first kappa shape index (κ1) is 14.7.